The summed E-state index contributed by atoms with van der Waals surface area (Å²) in [6.07, 6.45) is 20.5. The lowest BCUT2D eigenvalue weighted by Gasteiger charge is -2.19. The molecule has 0 aliphatic carbocycles. The first-order valence-electron chi connectivity index (χ1n) is 11.9. The van der Waals surface area contributed by atoms with Crippen molar-refractivity contribution >= 4 is 11.9 Å². The molecule has 0 aliphatic rings. The summed E-state index contributed by atoms with van der Waals surface area (Å²) >= 11 is 0. The Kier molecular flexibility index (Phi) is 18.5. The SMILES string of the molecule is CCCCCCCCCCCCCCCCC(C)C(CCCC(=O)O)C(=O)O. The fourth-order valence-corrected chi connectivity index (χ4v) is 3.99. The van der Waals surface area contributed by atoms with E-state index in [1.165, 1.54) is 83.5 Å². The van der Waals surface area contributed by atoms with Crippen LogP contribution in [0.15, 0.2) is 0 Å². The van der Waals surface area contributed by atoms with E-state index in [0.717, 1.165) is 12.8 Å². The van der Waals surface area contributed by atoms with Gasteiger partial charge in [0.15, 0.2) is 0 Å². The van der Waals surface area contributed by atoms with Gasteiger partial charge in [-0.15, -0.1) is 0 Å². The maximum Gasteiger partial charge on any atom is 0.306 e. The topological polar surface area (TPSA) is 74.6 Å². The summed E-state index contributed by atoms with van der Waals surface area (Å²) < 4.78 is 0. The molecule has 0 heterocycles. The van der Waals surface area contributed by atoms with Gasteiger partial charge in [0.1, 0.15) is 0 Å². The fourth-order valence-electron chi connectivity index (χ4n) is 3.99. The van der Waals surface area contributed by atoms with Gasteiger partial charge >= 0.3 is 11.9 Å². The van der Waals surface area contributed by atoms with Crippen molar-refractivity contribution in [3.8, 4) is 0 Å². The number of rotatable bonds is 21. The van der Waals surface area contributed by atoms with Crippen LogP contribution in [0, 0.1) is 11.8 Å². The summed E-state index contributed by atoms with van der Waals surface area (Å²) in [7, 11) is 0. The molecule has 166 valence electrons. The molecule has 0 saturated carbocycles. The molecule has 2 atom stereocenters. The molecule has 0 spiro atoms. The molecule has 2 N–H and O–H groups in total. The first-order valence-corrected chi connectivity index (χ1v) is 11.9. The number of hydrogen-bond donors (Lipinski definition) is 2. The molecule has 0 bridgehead atoms. The first kappa shape index (κ1) is 26.9. The molecule has 28 heavy (non-hydrogen) atoms. The third-order valence-electron chi connectivity index (χ3n) is 5.92. The average molecular weight is 399 g/mol. The van der Waals surface area contributed by atoms with Crippen molar-refractivity contribution < 1.29 is 19.8 Å². The van der Waals surface area contributed by atoms with E-state index in [4.69, 9.17) is 5.11 Å². The van der Waals surface area contributed by atoms with Gasteiger partial charge in [0, 0.05) is 6.42 Å². The molecule has 0 radical (unpaired) electrons. The molecule has 0 saturated heterocycles. The molecule has 4 nitrogen and oxygen atoms in total. The second-order valence-electron chi connectivity index (χ2n) is 8.59. The zero-order chi connectivity index (χ0) is 21.0. The standard InChI is InChI=1S/C24H46O4/c1-3-4-5-6-7-8-9-10-11-12-13-14-15-16-18-21(2)22(24(27)28)19-17-20-23(25)26/h21-22H,3-20H2,1-2H3,(H,25,26)(H,27,28). The predicted octanol–water partition coefficient (Wildman–Crippen LogP) is 7.45. The minimum absolute atomic E-state index is 0.0648. The summed E-state index contributed by atoms with van der Waals surface area (Å²) in [5.74, 6) is -1.89. The Labute approximate surface area is 173 Å². The van der Waals surface area contributed by atoms with Crippen LogP contribution in [0.4, 0.5) is 0 Å². The highest BCUT2D eigenvalue weighted by Gasteiger charge is 2.24. The number of unbranched alkanes of at least 4 members (excludes halogenated alkanes) is 13. The lowest BCUT2D eigenvalue weighted by Crippen LogP contribution is -2.22. The fraction of sp³-hybridized carbons (Fsp3) is 0.917. The van der Waals surface area contributed by atoms with Gasteiger partial charge in [0.25, 0.3) is 0 Å². The van der Waals surface area contributed by atoms with Crippen LogP contribution in [0.5, 0.6) is 0 Å². The summed E-state index contributed by atoms with van der Waals surface area (Å²) in [5.41, 5.74) is 0. The molecule has 0 aromatic heterocycles. The van der Waals surface area contributed by atoms with Crippen LogP contribution in [0.3, 0.4) is 0 Å². The second kappa shape index (κ2) is 19.3. The normalized spacial score (nSPS) is 13.4. The summed E-state index contributed by atoms with van der Waals surface area (Å²) in [6, 6.07) is 0. The van der Waals surface area contributed by atoms with E-state index in [9.17, 15) is 14.7 Å². The Morgan fingerprint density at radius 1 is 0.643 bits per heavy atom. The van der Waals surface area contributed by atoms with E-state index in [1.807, 2.05) is 6.92 Å². The zero-order valence-electron chi connectivity index (χ0n) is 18.6. The number of aliphatic carboxylic acids is 2. The van der Waals surface area contributed by atoms with E-state index in [0.29, 0.717) is 12.8 Å². The maximum absolute atomic E-state index is 11.4. The Balaban J connectivity index is 3.52. The molecule has 0 aromatic rings. The number of carbonyl (C=O) groups is 2. The monoisotopic (exact) mass is 398 g/mol. The lowest BCUT2D eigenvalue weighted by atomic mass is 9.85. The van der Waals surface area contributed by atoms with E-state index in [2.05, 4.69) is 6.92 Å². The van der Waals surface area contributed by atoms with Crippen molar-refractivity contribution in [2.75, 3.05) is 0 Å². The molecule has 0 aliphatic heterocycles. The van der Waals surface area contributed by atoms with Gasteiger partial charge in [-0.05, 0) is 25.2 Å². The molecule has 0 amide bonds. The van der Waals surface area contributed by atoms with E-state index in [-0.39, 0.29) is 12.3 Å². The summed E-state index contributed by atoms with van der Waals surface area (Å²) in [4.78, 5) is 22.0. The maximum atomic E-state index is 11.4. The van der Waals surface area contributed by atoms with Crippen LogP contribution in [0.1, 0.15) is 129 Å². The minimum atomic E-state index is -0.844. The van der Waals surface area contributed by atoms with Crippen molar-refractivity contribution in [1.29, 1.82) is 0 Å². The molecule has 2 unspecified atom stereocenters. The van der Waals surface area contributed by atoms with Gasteiger partial charge in [-0.1, -0.05) is 104 Å². The molecular weight excluding hydrogens is 352 g/mol. The van der Waals surface area contributed by atoms with Crippen LogP contribution in [-0.4, -0.2) is 22.2 Å². The highest BCUT2D eigenvalue weighted by molar-refractivity contribution is 5.70. The quantitative estimate of drug-likeness (QED) is 0.197. The van der Waals surface area contributed by atoms with Crippen molar-refractivity contribution in [2.24, 2.45) is 11.8 Å². The third-order valence-corrected chi connectivity index (χ3v) is 5.92. The van der Waals surface area contributed by atoms with Gasteiger partial charge in [-0.2, -0.15) is 0 Å². The van der Waals surface area contributed by atoms with Gasteiger partial charge in [0.2, 0.25) is 0 Å². The van der Waals surface area contributed by atoms with E-state index in [1.54, 1.807) is 0 Å². The van der Waals surface area contributed by atoms with Crippen LogP contribution in [0.2, 0.25) is 0 Å². The van der Waals surface area contributed by atoms with Crippen LogP contribution < -0.4 is 0 Å². The zero-order valence-corrected chi connectivity index (χ0v) is 18.6. The summed E-state index contributed by atoms with van der Waals surface area (Å²) in [5, 5.41) is 18.1. The van der Waals surface area contributed by atoms with E-state index < -0.39 is 17.9 Å². The van der Waals surface area contributed by atoms with Gasteiger partial charge < -0.3 is 10.2 Å². The molecule has 0 aromatic carbocycles. The smallest absolute Gasteiger partial charge is 0.306 e. The second-order valence-corrected chi connectivity index (χ2v) is 8.59. The molecule has 0 fully saturated rings. The number of carboxylic acid groups (broad SMARTS) is 2. The van der Waals surface area contributed by atoms with Crippen molar-refractivity contribution in [2.45, 2.75) is 129 Å². The average Bonchev–Trinajstić information content (AvgIpc) is 2.64. The third kappa shape index (κ3) is 17.1. The van der Waals surface area contributed by atoms with E-state index >= 15 is 0 Å². The molecule has 4 heteroatoms. The highest BCUT2D eigenvalue weighted by atomic mass is 16.4. The van der Waals surface area contributed by atoms with Gasteiger partial charge in [-0.3, -0.25) is 9.59 Å². The van der Waals surface area contributed by atoms with Crippen LogP contribution >= 0.6 is 0 Å². The number of carboxylic acids is 2. The Morgan fingerprint density at radius 3 is 1.46 bits per heavy atom. The van der Waals surface area contributed by atoms with Gasteiger partial charge in [0.05, 0.1) is 5.92 Å². The number of hydrogen-bond acceptors (Lipinski definition) is 2. The van der Waals surface area contributed by atoms with Crippen LogP contribution in [-0.2, 0) is 9.59 Å². The highest BCUT2D eigenvalue weighted by Crippen LogP contribution is 2.24. The Bertz CT molecular complexity index is 381. The molecule has 0 rings (SSSR count). The predicted molar refractivity (Wildman–Crippen MR) is 117 cm³/mol. The Morgan fingerprint density at radius 2 is 1.07 bits per heavy atom. The summed E-state index contributed by atoms with van der Waals surface area (Å²) in [6.45, 7) is 4.26. The Hall–Kier alpha value is -1.06. The van der Waals surface area contributed by atoms with Crippen molar-refractivity contribution in [3.63, 3.8) is 0 Å². The van der Waals surface area contributed by atoms with Crippen LogP contribution in [0.25, 0.3) is 0 Å². The van der Waals surface area contributed by atoms with Gasteiger partial charge in [-0.25, -0.2) is 0 Å². The minimum Gasteiger partial charge on any atom is -0.481 e. The first-order chi connectivity index (χ1) is 13.5. The van der Waals surface area contributed by atoms with Crippen molar-refractivity contribution in [1.82, 2.24) is 0 Å². The largest absolute Gasteiger partial charge is 0.481 e. The lowest BCUT2D eigenvalue weighted by molar-refractivity contribution is -0.144. The van der Waals surface area contributed by atoms with Crippen molar-refractivity contribution in [3.05, 3.63) is 0 Å². The molecular formula is C24H46O4.